The molecule has 0 aliphatic carbocycles. The zero-order valence-corrected chi connectivity index (χ0v) is 11.6. The smallest absolute Gasteiger partial charge is 0.0100 e. The van der Waals surface area contributed by atoms with Crippen LogP contribution >= 0.6 is 0 Å². The van der Waals surface area contributed by atoms with Gasteiger partial charge in [0.15, 0.2) is 0 Å². The van der Waals surface area contributed by atoms with Crippen LogP contribution < -0.4 is 0 Å². The summed E-state index contributed by atoms with van der Waals surface area (Å²) >= 11 is 0. The Bertz CT molecular complexity index is 678. The number of aryl methyl sites for hydroxylation is 2. The SMILES string of the molecule is CC.Cc1cccc2c1c(C)cc1ccccc12. The number of rotatable bonds is 0. The molecular formula is C18H20. The molecule has 0 aromatic heterocycles. The van der Waals surface area contributed by atoms with Crippen LogP contribution in [0.4, 0.5) is 0 Å². The Morgan fingerprint density at radius 1 is 0.667 bits per heavy atom. The van der Waals surface area contributed by atoms with Crippen molar-refractivity contribution < 1.29 is 0 Å². The summed E-state index contributed by atoms with van der Waals surface area (Å²) in [6, 6.07) is 17.4. The van der Waals surface area contributed by atoms with Crippen molar-refractivity contribution in [3.63, 3.8) is 0 Å². The molecule has 0 radical (unpaired) electrons. The second-order valence-corrected chi connectivity index (χ2v) is 4.41. The molecular weight excluding hydrogens is 216 g/mol. The molecule has 18 heavy (non-hydrogen) atoms. The highest BCUT2D eigenvalue weighted by Gasteiger charge is 2.04. The fraction of sp³-hybridized carbons (Fsp3) is 0.222. The Morgan fingerprint density at radius 3 is 2.11 bits per heavy atom. The first-order valence-electron chi connectivity index (χ1n) is 6.65. The number of benzene rings is 3. The van der Waals surface area contributed by atoms with Crippen molar-refractivity contribution in [3.05, 3.63) is 59.7 Å². The maximum absolute atomic E-state index is 2.28. The van der Waals surface area contributed by atoms with E-state index in [1.165, 1.54) is 32.7 Å². The van der Waals surface area contributed by atoms with E-state index in [-0.39, 0.29) is 0 Å². The molecule has 92 valence electrons. The third-order valence-electron chi connectivity index (χ3n) is 3.29. The number of fused-ring (bicyclic) bond motifs is 3. The molecule has 0 bridgehead atoms. The van der Waals surface area contributed by atoms with E-state index in [9.17, 15) is 0 Å². The first kappa shape index (κ1) is 12.6. The van der Waals surface area contributed by atoms with Crippen molar-refractivity contribution in [2.45, 2.75) is 27.7 Å². The summed E-state index contributed by atoms with van der Waals surface area (Å²) in [5.74, 6) is 0. The van der Waals surface area contributed by atoms with E-state index in [0.717, 1.165) is 0 Å². The van der Waals surface area contributed by atoms with Crippen LogP contribution in [0.5, 0.6) is 0 Å². The van der Waals surface area contributed by atoms with Gasteiger partial charge in [0.1, 0.15) is 0 Å². The van der Waals surface area contributed by atoms with Gasteiger partial charge in [-0.15, -0.1) is 0 Å². The molecule has 3 rings (SSSR count). The third kappa shape index (κ3) is 1.99. The normalized spacial score (nSPS) is 10.2. The summed E-state index contributed by atoms with van der Waals surface area (Å²) in [6.45, 7) is 8.38. The Balaban J connectivity index is 0.000000574. The quantitative estimate of drug-likeness (QED) is 0.443. The minimum Gasteiger partial charge on any atom is -0.0683 e. The van der Waals surface area contributed by atoms with Crippen molar-refractivity contribution >= 4 is 21.5 Å². The molecule has 0 aliphatic rings. The molecule has 0 spiro atoms. The minimum atomic E-state index is 1.33. The van der Waals surface area contributed by atoms with Crippen molar-refractivity contribution in [3.8, 4) is 0 Å². The maximum Gasteiger partial charge on any atom is -0.0100 e. The second kappa shape index (κ2) is 5.22. The molecule has 0 amide bonds. The molecule has 0 nitrogen and oxygen atoms in total. The summed E-state index contributed by atoms with van der Waals surface area (Å²) in [6.07, 6.45) is 0. The van der Waals surface area contributed by atoms with Crippen LogP contribution in [-0.2, 0) is 0 Å². The van der Waals surface area contributed by atoms with Crippen LogP contribution in [-0.4, -0.2) is 0 Å². The van der Waals surface area contributed by atoms with Gasteiger partial charge in [-0.2, -0.15) is 0 Å². The molecule has 0 N–H and O–H groups in total. The average Bonchev–Trinajstić information content (AvgIpc) is 2.41. The van der Waals surface area contributed by atoms with Gasteiger partial charge in [-0.1, -0.05) is 62.4 Å². The molecule has 0 saturated carbocycles. The minimum absolute atomic E-state index is 1.33. The average molecular weight is 236 g/mol. The van der Waals surface area contributed by atoms with Crippen LogP contribution in [0, 0.1) is 13.8 Å². The highest BCUT2D eigenvalue weighted by molar-refractivity contribution is 6.09. The standard InChI is InChI=1S/C16H14.C2H6/c1-11-6-5-9-15-14-8-4-3-7-13(14)10-12(2)16(11)15;1-2/h3-10H,1-2H3;1-2H3. The van der Waals surface area contributed by atoms with Gasteiger partial charge in [0.2, 0.25) is 0 Å². The zero-order valence-electron chi connectivity index (χ0n) is 11.6. The van der Waals surface area contributed by atoms with Gasteiger partial charge in [-0.05, 0) is 46.5 Å². The lowest BCUT2D eigenvalue weighted by molar-refractivity contribution is 1.48. The Hall–Kier alpha value is -1.82. The first-order chi connectivity index (χ1) is 8.77. The van der Waals surface area contributed by atoms with Crippen LogP contribution in [0.15, 0.2) is 48.5 Å². The zero-order chi connectivity index (χ0) is 13.1. The Kier molecular flexibility index (Phi) is 3.66. The van der Waals surface area contributed by atoms with Crippen molar-refractivity contribution in [2.24, 2.45) is 0 Å². The molecule has 0 aliphatic heterocycles. The summed E-state index contributed by atoms with van der Waals surface area (Å²) in [7, 11) is 0. The Morgan fingerprint density at radius 2 is 1.33 bits per heavy atom. The van der Waals surface area contributed by atoms with Crippen LogP contribution in [0.25, 0.3) is 21.5 Å². The highest BCUT2D eigenvalue weighted by atomic mass is 14.1. The van der Waals surface area contributed by atoms with E-state index in [4.69, 9.17) is 0 Å². The monoisotopic (exact) mass is 236 g/mol. The largest absolute Gasteiger partial charge is 0.0683 e. The summed E-state index contributed by atoms with van der Waals surface area (Å²) in [5.41, 5.74) is 2.73. The highest BCUT2D eigenvalue weighted by Crippen LogP contribution is 2.30. The van der Waals surface area contributed by atoms with E-state index in [0.29, 0.717) is 0 Å². The maximum atomic E-state index is 2.28. The van der Waals surface area contributed by atoms with Gasteiger partial charge in [0.05, 0.1) is 0 Å². The van der Waals surface area contributed by atoms with Crippen molar-refractivity contribution in [2.75, 3.05) is 0 Å². The molecule has 0 unspecified atom stereocenters. The summed E-state index contributed by atoms with van der Waals surface area (Å²) < 4.78 is 0. The first-order valence-corrected chi connectivity index (χ1v) is 6.65. The summed E-state index contributed by atoms with van der Waals surface area (Å²) in [5, 5.41) is 5.46. The van der Waals surface area contributed by atoms with E-state index in [1.807, 2.05) is 13.8 Å². The van der Waals surface area contributed by atoms with Crippen molar-refractivity contribution in [1.82, 2.24) is 0 Å². The number of hydrogen-bond acceptors (Lipinski definition) is 0. The van der Waals surface area contributed by atoms with Gasteiger partial charge in [-0.3, -0.25) is 0 Å². The van der Waals surface area contributed by atoms with E-state index < -0.39 is 0 Å². The molecule has 0 atom stereocenters. The van der Waals surface area contributed by atoms with Gasteiger partial charge in [-0.25, -0.2) is 0 Å². The lowest BCUT2D eigenvalue weighted by Crippen LogP contribution is -1.85. The molecule has 3 aromatic carbocycles. The second-order valence-electron chi connectivity index (χ2n) is 4.41. The molecule has 0 heteroatoms. The molecule has 3 aromatic rings. The van der Waals surface area contributed by atoms with E-state index in [1.54, 1.807) is 0 Å². The van der Waals surface area contributed by atoms with Gasteiger partial charge in [0.25, 0.3) is 0 Å². The molecule has 0 fully saturated rings. The lowest BCUT2D eigenvalue weighted by atomic mass is 9.95. The fourth-order valence-electron chi connectivity index (χ4n) is 2.59. The predicted octanol–water partition coefficient (Wildman–Crippen LogP) is 5.64. The van der Waals surface area contributed by atoms with Crippen LogP contribution in [0.1, 0.15) is 25.0 Å². The van der Waals surface area contributed by atoms with Gasteiger partial charge < -0.3 is 0 Å². The molecule has 0 saturated heterocycles. The number of hydrogen-bond donors (Lipinski definition) is 0. The Labute approximate surface area is 109 Å². The predicted molar refractivity (Wildman–Crippen MR) is 82.3 cm³/mol. The van der Waals surface area contributed by atoms with E-state index >= 15 is 0 Å². The van der Waals surface area contributed by atoms with Gasteiger partial charge >= 0.3 is 0 Å². The fourth-order valence-corrected chi connectivity index (χ4v) is 2.59. The van der Waals surface area contributed by atoms with Crippen LogP contribution in [0.3, 0.4) is 0 Å². The van der Waals surface area contributed by atoms with Crippen LogP contribution in [0.2, 0.25) is 0 Å². The van der Waals surface area contributed by atoms with Gasteiger partial charge in [0, 0.05) is 0 Å². The van der Waals surface area contributed by atoms with E-state index in [2.05, 4.69) is 62.4 Å². The summed E-state index contributed by atoms with van der Waals surface area (Å²) in [4.78, 5) is 0. The topological polar surface area (TPSA) is 0 Å². The molecule has 0 heterocycles. The lowest BCUT2D eigenvalue weighted by Gasteiger charge is -2.09. The third-order valence-corrected chi connectivity index (χ3v) is 3.29. The van der Waals surface area contributed by atoms with Crippen molar-refractivity contribution in [1.29, 1.82) is 0 Å².